The number of piperidine rings is 1. The van der Waals surface area contributed by atoms with Crippen LogP contribution in [0.2, 0.25) is 0 Å². The van der Waals surface area contributed by atoms with Crippen molar-refractivity contribution < 1.29 is 9.53 Å². The molecule has 0 spiro atoms. The minimum absolute atomic E-state index is 0.0798. The summed E-state index contributed by atoms with van der Waals surface area (Å²) in [6.45, 7) is 2.56. The van der Waals surface area contributed by atoms with Crippen molar-refractivity contribution in [3.05, 3.63) is 48.4 Å². The zero-order chi connectivity index (χ0) is 16.8. The molecule has 1 aliphatic heterocycles. The van der Waals surface area contributed by atoms with Crippen molar-refractivity contribution in [3.8, 4) is 5.75 Å². The number of methoxy groups -OCH3 is 1. The second kappa shape index (κ2) is 7.77. The molecular weight excluding hydrogens is 304 g/mol. The Morgan fingerprint density at radius 3 is 2.79 bits per heavy atom. The lowest BCUT2D eigenvalue weighted by molar-refractivity contribution is 0.0942. The highest BCUT2D eigenvalue weighted by Crippen LogP contribution is 2.21. The van der Waals surface area contributed by atoms with Crippen LogP contribution >= 0.6 is 0 Å². The Hall–Kier alpha value is -2.63. The van der Waals surface area contributed by atoms with E-state index in [1.54, 1.807) is 37.8 Å². The van der Waals surface area contributed by atoms with Gasteiger partial charge in [0.1, 0.15) is 11.6 Å². The zero-order valence-corrected chi connectivity index (χ0v) is 13.8. The number of carbonyl (C=O) groups is 1. The summed E-state index contributed by atoms with van der Waals surface area (Å²) in [5.41, 5.74) is 0.581. The minimum atomic E-state index is -0.0798. The molecule has 0 saturated carbocycles. The molecule has 1 aromatic heterocycles. The van der Waals surface area contributed by atoms with E-state index in [1.807, 2.05) is 12.1 Å². The van der Waals surface area contributed by atoms with Gasteiger partial charge in [-0.05, 0) is 30.9 Å². The Morgan fingerprint density at radius 2 is 2.08 bits per heavy atom. The Bertz CT molecular complexity index is 670. The fourth-order valence-corrected chi connectivity index (χ4v) is 2.99. The van der Waals surface area contributed by atoms with Crippen molar-refractivity contribution in [1.82, 2.24) is 15.3 Å². The number of hydrogen-bond donors (Lipinski definition) is 1. The topological polar surface area (TPSA) is 67.3 Å². The average Bonchev–Trinajstić information content (AvgIpc) is 2.67. The first-order valence-corrected chi connectivity index (χ1v) is 8.20. The molecule has 1 amide bonds. The maximum Gasteiger partial charge on any atom is 0.255 e. The molecule has 0 atom stereocenters. The fraction of sp³-hybridized carbons (Fsp3) is 0.389. The van der Waals surface area contributed by atoms with E-state index in [2.05, 4.69) is 20.2 Å². The molecule has 6 nitrogen and oxygen atoms in total. The lowest BCUT2D eigenvalue weighted by Crippen LogP contribution is -2.39. The van der Waals surface area contributed by atoms with E-state index in [4.69, 9.17) is 4.74 Å². The standard InChI is InChI=1S/C18H22N4O2/c1-24-16-5-3-2-4-15(16)18(23)21-12-14-6-10-22(11-7-14)17-13-19-8-9-20-17/h2-5,8-9,13-14H,6-7,10-12H2,1H3,(H,21,23). The van der Waals surface area contributed by atoms with Gasteiger partial charge in [0.2, 0.25) is 0 Å². The number of anilines is 1. The lowest BCUT2D eigenvalue weighted by atomic mass is 9.96. The van der Waals surface area contributed by atoms with Gasteiger partial charge < -0.3 is 15.0 Å². The Labute approximate surface area is 141 Å². The van der Waals surface area contributed by atoms with Gasteiger partial charge in [-0.15, -0.1) is 0 Å². The van der Waals surface area contributed by atoms with E-state index in [0.29, 0.717) is 23.8 Å². The quantitative estimate of drug-likeness (QED) is 0.912. The monoisotopic (exact) mass is 326 g/mol. The number of benzene rings is 1. The van der Waals surface area contributed by atoms with Gasteiger partial charge in [-0.2, -0.15) is 0 Å². The molecule has 0 aliphatic carbocycles. The summed E-state index contributed by atoms with van der Waals surface area (Å²) in [4.78, 5) is 23.0. The van der Waals surface area contributed by atoms with Crippen LogP contribution < -0.4 is 15.0 Å². The summed E-state index contributed by atoms with van der Waals surface area (Å²) in [5, 5.41) is 3.03. The van der Waals surface area contributed by atoms with Crippen LogP contribution in [0.15, 0.2) is 42.9 Å². The molecule has 0 unspecified atom stereocenters. The Morgan fingerprint density at radius 1 is 1.29 bits per heavy atom. The van der Waals surface area contributed by atoms with E-state index >= 15 is 0 Å². The predicted molar refractivity (Wildman–Crippen MR) is 92.3 cm³/mol. The summed E-state index contributed by atoms with van der Waals surface area (Å²) >= 11 is 0. The van der Waals surface area contributed by atoms with Crippen LogP contribution in [0.3, 0.4) is 0 Å². The van der Waals surface area contributed by atoms with Gasteiger partial charge in [0.15, 0.2) is 0 Å². The van der Waals surface area contributed by atoms with E-state index in [0.717, 1.165) is 31.7 Å². The summed E-state index contributed by atoms with van der Waals surface area (Å²) in [6.07, 6.45) is 7.26. The number of amides is 1. The third kappa shape index (κ3) is 3.82. The van der Waals surface area contributed by atoms with Gasteiger partial charge >= 0.3 is 0 Å². The van der Waals surface area contributed by atoms with Crippen molar-refractivity contribution in [1.29, 1.82) is 0 Å². The molecular formula is C18H22N4O2. The number of rotatable bonds is 5. The number of hydrogen-bond acceptors (Lipinski definition) is 5. The first-order valence-electron chi connectivity index (χ1n) is 8.20. The fourth-order valence-electron chi connectivity index (χ4n) is 2.99. The summed E-state index contributed by atoms with van der Waals surface area (Å²) in [5.74, 6) is 1.93. The van der Waals surface area contributed by atoms with Crippen LogP contribution in [0.5, 0.6) is 5.75 Å². The molecule has 24 heavy (non-hydrogen) atoms. The molecule has 2 heterocycles. The summed E-state index contributed by atoms with van der Waals surface area (Å²) < 4.78 is 5.24. The summed E-state index contributed by atoms with van der Waals surface area (Å²) in [6, 6.07) is 7.29. The van der Waals surface area contributed by atoms with E-state index in [9.17, 15) is 4.79 Å². The molecule has 1 fully saturated rings. The number of carbonyl (C=O) groups excluding carboxylic acids is 1. The molecule has 3 rings (SSSR count). The molecule has 1 N–H and O–H groups in total. The molecule has 1 aliphatic rings. The molecule has 6 heteroatoms. The van der Waals surface area contributed by atoms with Gasteiger partial charge in [-0.3, -0.25) is 9.78 Å². The average molecular weight is 326 g/mol. The maximum absolute atomic E-state index is 12.3. The van der Waals surface area contributed by atoms with Crippen LogP contribution in [0, 0.1) is 5.92 Å². The third-order valence-electron chi connectivity index (χ3n) is 4.39. The molecule has 2 aromatic rings. The lowest BCUT2D eigenvalue weighted by Gasteiger charge is -2.32. The van der Waals surface area contributed by atoms with Gasteiger partial charge in [0.25, 0.3) is 5.91 Å². The molecule has 0 bridgehead atoms. The number of nitrogens with one attached hydrogen (secondary N) is 1. The third-order valence-corrected chi connectivity index (χ3v) is 4.39. The highest BCUT2D eigenvalue weighted by molar-refractivity contribution is 5.96. The SMILES string of the molecule is COc1ccccc1C(=O)NCC1CCN(c2cnccn2)CC1. The largest absolute Gasteiger partial charge is 0.496 e. The zero-order valence-electron chi connectivity index (χ0n) is 13.8. The normalized spacial score (nSPS) is 15.1. The first-order chi connectivity index (χ1) is 11.8. The van der Waals surface area contributed by atoms with Gasteiger partial charge in [0.05, 0.1) is 18.9 Å². The van der Waals surface area contributed by atoms with Crippen LogP contribution in [-0.2, 0) is 0 Å². The first kappa shape index (κ1) is 16.2. The van der Waals surface area contributed by atoms with Crippen molar-refractivity contribution in [2.24, 2.45) is 5.92 Å². The molecule has 126 valence electrons. The number of ether oxygens (including phenoxy) is 1. The number of para-hydroxylation sites is 1. The van der Waals surface area contributed by atoms with Crippen LogP contribution in [-0.4, -0.2) is 42.6 Å². The smallest absolute Gasteiger partial charge is 0.255 e. The van der Waals surface area contributed by atoms with Crippen molar-refractivity contribution in [3.63, 3.8) is 0 Å². The predicted octanol–water partition coefficient (Wildman–Crippen LogP) is 2.13. The maximum atomic E-state index is 12.3. The number of aromatic nitrogens is 2. The van der Waals surface area contributed by atoms with Crippen molar-refractivity contribution in [2.75, 3.05) is 31.6 Å². The van der Waals surface area contributed by atoms with Crippen LogP contribution in [0.1, 0.15) is 23.2 Å². The van der Waals surface area contributed by atoms with E-state index in [1.165, 1.54) is 0 Å². The van der Waals surface area contributed by atoms with E-state index in [-0.39, 0.29) is 5.91 Å². The summed E-state index contributed by atoms with van der Waals surface area (Å²) in [7, 11) is 1.58. The highest BCUT2D eigenvalue weighted by atomic mass is 16.5. The minimum Gasteiger partial charge on any atom is -0.496 e. The second-order valence-electron chi connectivity index (χ2n) is 5.90. The van der Waals surface area contributed by atoms with Crippen molar-refractivity contribution in [2.45, 2.75) is 12.8 Å². The van der Waals surface area contributed by atoms with Gasteiger partial charge in [0, 0.05) is 32.0 Å². The molecule has 1 aromatic carbocycles. The molecule has 0 radical (unpaired) electrons. The molecule has 1 saturated heterocycles. The Balaban J connectivity index is 1.49. The van der Waals surface area contributed by atoms with Gasteiger partial charge in [-0.1, -0.05) is 12.1 Å². The van der Waals surface area contributed by atoms with E-state index < -0.39 is 0 Å². The van der Waals surface area contributed by atoms with Crippen LogP contribution in [0.4, 0.5) is 5.82 Å². The highest BCUT2D eigenvalue weighted by Gasteiger charge is 2.21. The second-order valence-corrected chi connectivity index (χ2v) is 5.90. The Kier molecular flexibility index (Phi) is 5.25. The van der Waals surface area contributed by atoms with Crippen molar-refractivity contribution >= 4 is 11.7 Å². The van der Waals surface area contributed by atoms with Gasteiger partial charge in [-0.25, -0.2) is 4.98 Å². The van der Waals surface area contributed by atoms with Crippen LogP contribution in [0.25, 0.3) is 0 Å². The number of nitrogens with zero attached hydrogens (tertiary/aromatic N) is 3.